The van der Waals surface area contributed by atoms with Crippen LogP contribution in [0.1, 0.15) is 37.3 Å². The summed E-state index contributed by atoms with van der Waals surface area (Å²) in [5, 5.41) is 4.57. The lowest BCUT2D eigenvalue weighted by molar-refractivity contribution is 0.177. The van der Waals surface area contributed by atoms with Gasteiger partial charge in [0, 0.05) is 13.3 Å². The Morgan fingerprint density at radius 3 is 2.68 bits per heavy atom. The third-order valence-electron chi connectivity index (χ3n) is 3.95. The van der Waals surface area contributed by atoms with Crippen molar-refractivity contribution in [2.45, 2.75) is 38.8 Å². The summed E-state index contributed by atoms with van der Waals surface area (Å²) in [6, 6.07) is 3.92. The third-order valence-corrected chi connectivity index (χ3v) is 3.95. The molecule has 6 heteroatoms. The number of likely N-dealkylation sites (tertiary alicyclic amines) is 1. The van der Waals surface area contributed by atoms with Crippen molar-refractivity contribution in [1.29, 1.82) is 0 Å². The second kappa shape index (κ2) is 7.47. The monoisotopic (exact) mass is 301 g/mol. The maximum atomic E-state index is 5.17. The lowest BCUT2D eigenvalue weighted by Gasteiger charge is -2.19. The minimum absolute atomic E-state index is 0.431. The first-order valence-electron chi connectivity index (χ1n) is 7.93. The van der Waals surface area contributed by atoms with Crippen molar-refractivity contribution in [2.75, 3.05) is 20.2 Å². The highest BCUT2D eigenvalue weighted by Gasteiger charge is 2.16. The molecule has 1 fully saturated rings. The summed E-state index contributed by atoms with van der Waals surface area (Å²) >= 11 is 0. The molecule has 6 nitrogen and oxygen atoms in total. The van der Waals surface area contributed by atoms with Gasteiger partial charge in [-0.2, -0.15) is 0 Å². The number of hydrogen-bond donors (Lipinski definition) is 0. The summed E-state index contributed by atoms with van der Waals surface area (Å²) in [6.45, 7) is 3.53. The second-order valence-electron chi connectivity index (χ2n) is 5.69. The van der Waals surface area contributed by atoms with Gasteiger partial charge in [0.2, 0.25) is 0 Å². The van der Waals surface area contributed by atoms with Gasteiger partial charge in [-0.15, -0.1) is 5.10 Å². The van der Waals surface area contributed by atoms with Crippen molar-refractivity contribution in [2.24, 2.45) is 0 Å². The van der Waals surface area contributed by atoms with Crippen LogP contribution in [0.4, 0.5) is 0 Å². The van der Waals surface area contributed by atoms with Gasteiger partial charge in [0.05, 0.1) is 18.4 Å². The van der Waals surface area contributed by atoms with Gasteiger partial charge >= 0.3 is 0 Å². The van der Waals surface area contributed by atoms with Crippen LogP contribution in [0, 0.1) is 0 Å². The van der Waals surface area contributed by atoms with Gasteiger partial charge in [0.1, 0.15) is 12.4 Å². The zero-order valence-electron chi connectivity index (χ0n) is 13.1. The number of ether oxygens (including phenoxy) is 1. The SMILES string of the molecule is COCc1nc(CN2CCCCCC2)n(-c2cccnc2)n1. The molecule has 0 amide bonds. The number of methoxy groups -OCH3 is 1. The van der Waals surface area contributed by atoms with E-state index in [9.17, 15) is 0 Å². The molecule has 0 N–H and O–H groups in total. The third kappa shape index (κ3) is 3.69. The number of nitrogens with zero attached hydrogens (tertiary/aromatic N) is 5. The number of pyridine rings is 1. The molecular formula is C16H23N5O. The van der Waals surface area contributed by atoms with Crippen LogP contribution in [0.2, 0.25) is 0 Å². The predicted octanol–water partition coefficient (Wildman–Crippen LogP) is 2.18. The molecule has 1 saturated heterocycles. The average molecular weight is 301 g/mol. The Morgan fingerprint density at radius 1 is 1.18 bits per heavy atom. The molecule has 0 aromatic carbocycles. The van der Waals surface area contributed by atoms with E-state index in [1.54, 1.807) is 13.3 Å². The fourth-order valence-corrected chi connectivity index (χ4v) is 2.86. The van der Waals surface area contributed by atoms with Crippen molar-refractivity contribution in [1.82, 2.24) is 24.6 Å². The first-order chi connectivity index (χ1) is 10.9. The molecule has 0 radical (unpaired) electrons. The molecule has 3 rings (SSSR count). The quantitative estimate of drug-likeness (QED) is 0.847. The van der Waals surface area contributed by atoms with Gasteiger partial charge in [0.25, 0.3) is 0 Å². The lowest BCUT2D eigenvalue weighted by Crippen LogP contribution is -2.25. The molecule has 0 bridgehead atoms. The standard InChI is InChI=1S/C16H23N5O/c1-22-13-15-18-16(12-20-9-4-2-3-5-10-20)21(19-15)14-7-6-8-17-11-14/h6-8,11H,2-5,9-10,12-13H2,1H3. The van der Waals surface area contributed by atoms with Crippen molar-refractivity contribution in [3.8, 4) is 5.69 Å². The zero-order valence-corrected chi connectivity index (χ0v) is 13.1. The highest BCUT2D eigenvalue weighted by molar-refractivity contribution is 5.27. The van der Waals surface area contributed by atoms with E-state index in [4.69, 9.17) is 4.74 Å². The second-order valence-corrected chi connectivity index (χ2v) is 5.69. The maximum Gasteiger partial charge on any atom is 0.177 e. The van der Waals surface area contributed by atoms with Crippen LogP contribution in [-0.2, 0) is 17.9 Å². The summed E-state index contributed by atoms with van der Waals surface area (Å²) in [4.78, 5) is 11.3. The summed E-state index contributed by atoms with van der Waals surface area (Å²) < 4.78 is 7.07. The Kier molecular flexibility index (Phi) is 5.13. The molecule has 118 valence electrons. The van der Waals surface area contributed by atoms with Crippen molar-refractivity contribution < 1.29 is 4.74 Å². The molecule has 2 aromatic heterocycles. The van der Waals surface area contributed by atoms with Crippen LogP contribution in [0.3, 0.4) is 0 Å². The predicted molar refractivity (Wildman–Crippen MR) is 83.6 cm³/mol. The van der Waals surface area contributed by atoms with E-state index in [0.717, 1.165) is 37.0 Å². The van der Waals surface area contributed by atoms with Crippen molar-refractivity contribution in [3.05, 3.63) is 36.2 Å². The Morgan fingerprint density at radius 2 is 2.00 bits per heavy atom. The molecule has 1 aliphatic rings. The van der Waals surface area contributed by atoms with Crippen LogP contribution in [0.15, 0.2) is 24.5 Å². The molecule has 1 aliphatic heterocycles. The van der Waals surface area contributed by atoms with Crippen molar-refractivity contribution >= 4 is 0 Å². The minimum atomic E-state index is 0.431. The van der Waals surface area contributed by atoms with Crippen LogP contribution in [0.25, 0.3) is 5.69 Å². The van der Waals surface area contributed by atoms with Gasteiger partial charge in [0.15, 0.2) is 5.82 Å². The van der Waals surface area contributed by atoms with Gasteiger partial charge in [-0.1, -0.05) is 12.8 Å². The molecular weight excluding hydrogens is 278 g/mol. The van der Waals surface area contributed by atoms with Gasteiger partial charge in [-0.25, -0.2) is 9.67 Å². The largest absolute Gasteiger partial charge is 0.377 e. The van der Waals surface area contributed by atoms with E-state index in [1.807, 2.05) is 23.0 Å². The normalized spacial score (nSPS) is 16.6. The first-order valence-corrected chi connectivity index (χ1v) is 7.93. The topological polar surface area (TPSA) is 56.1 Å². The fraction of sp³-hybridized carbons (Fsp3) is 0.562. The molecule has 0 aliphatic carbocycles. The van der Waals surface area contributed by atoms with E-state index in [2.05, 4.69) is 20.0 Å². The van der Waals surface area contributed by atoms with Crippen LogP contribution in [-0.4, -0.2) is 44.8 Å². The summed E-state index contributed by atoms with van der Waals surface area (Å²) in [7, 11) is 1.67. The summed E-state index contributed by atoms with van der Waals surface area (Å²) in [5.74, 6) is 1.68. The van der Waals surface area contributed by atoms with E-state index in [-0.39, 0.29) is 0 Å². The van der Waals surface area contributed by atoms with Crippen LogP contribution >= 0.6 is 0 Å². The van der Waals surface area contributed by atoms with E-state index >= 15 is 0 Å². The molecule has 0 saturated carbocycles. The molecule has 22 heavy (non-hydrogen) atoms. The van der Waals surface area contributed by atoms with Crippen LogP contribution < -0.4 is 0 Å². The van der Waals surface area contributed by atoms with Gasteiger partial charge in [-0.05, 0) is 38.1 Å². The Hall–Kier alpha value is -1.79. The number of rotatable bonds is 5. The van der Waals surface area contributed by atoms with Crippen LogP contribution in [0.5, 0.6) is 0 Å². The molecule has 0 unspecified atom stereocenters. The highest BCUT2D eigenvalue weighted by Crippen LogP contribution is 2.15. The maximum absolute atomic E-state index is 5.17. The minimum Gasteiger partial charge on any atom is -0.377 e. The summed E-state index contributed by atoms with van der Waals surface area (Å²) in [5.41, 5.74) is 0.946. The molecule has 3 heterocycles. The van der Waals surface area contributed by atoms with E-state index in [0.29, 0.717) is 6.61 Å². The first kappa shape index (κ1) is 15.1. The van der Waals surface area contributed by atoms with E-state index < -0.39 is 0 Å². The smallest absolute Gasteiger partial charge is 0.177 e. The van der Waals surface area contributed by atoms with E-state index in [1.165, 1.54) is 25.7 Å². The highest BCUT2D eigenvalue weighted by atomic mass is 16.5. The Balaban J connectivity index is 1.84. The Labute approximate surface area is 131 Å². The number of hydrogen-bond acceptors (Lipinski definition) is 5. The van der Waals surface area contributed by atoms with Crippen molar-refractivity contribution in [3.63, 3.8) is 0 Å². The fourth-order valence-electron chi connectivity index (χ4n) is 2.86. The molecule has 0 spiro atoms. The average Bonchev–Trinajstić information content (AvgIpc) is 2.76. The Bertz CT molecular complexity index is 575. The molecule has 0 atom stereocenters. The van der Waals surface area contributed by atoms with Gasteiger partial charge < -0.3 is 4.74 Å². The number of aromatic nitrogens is 4. The molecule has 2 aromatic rings. The lowest BCUT2D eigenvalue weighted by atomic mass is 10.2. The zero-order chi connectivity index (χ0) is 15.2. The summed E-state index contributed by atoms with van der Waals surface area (Å²) in [6.07, 6.45) is 8.79. The van der Waals surface area contributed by atoms with Gasteiger partial charge in [-0.3, -0.25) is 9.88 Å².